The zero-order valence-corrected chi connectivity index (χ0v) is 10.7. The normalized spacial score (nSPS) is 21.4. The van der Waals surface area contributed by atoms with Crippen molar-refractivity contribution in [2.45, 2.75) is 12.3 Å². The van der Waals surface area contributed by atoms with Gasteiger partial charge in [-0.2, -0.15) is 0 Å². The fourth-order valence-corrected chi connectivity index (χ4v) is 2.70. The van der Waals surface area contributed by atoms with Crippen molar-refractivity contribution in [2.75, 3.05) is 13.2 Å². The number of amides is 2. The average Bonchev–Trinajstić information content (AvgIpc) is 2.43. The van der Waals surface area contributed by atoms with E-state index in [4.69, 9.17) is 15.6 Å². The lowest BCUT2D eigenvalue weighted by atomic mass is 9.82. The van der Waals surface area contributed by atoms with Gasteiger partial charge in [-0.05, 0) is 6.07 Å². The third-order valence-electron chi connectivity index (χ3n) is 3.61. The summed E-state index contributed by atoms with van der Waals surface area (Å²) in [5, 5.41) is 8.95. The molecule has 2 amide bonds. The van der Waals surface area contributed by atoms with Gasteiger partial charge in [0.15, 0.2) is 5.88 Å². The molecule has 1 unspecified atom stereocenters. The summed E-state index contributed by atoms with van der Waals surface area (Å²) in [6.07, 6.45) is 0.155. The molecule has 1 aromatic rings. The fraction of sp³-hybridized carbons (Fsp3) is 0.286. The summed E-state index contributed by atoms with van der Waals surface area (Å²) in [7, 11) is 0. The van der Waals surface area contributed by atoms with Crippen molar-refractivity contribution in [2.24, 2.45) is 5.73 Å². The second-order valence-corrected chi connectivity index (χ2v) is 4.75. The number of hydrogen-bond donors (Lipinski definition) is 2. The maximum Gasteiger partial charge on any atom is 0.262 e. The lowest BCUT2D eigenvalue weighted by Crippen LogP contribution is -2.47. The second kappa shape index (κ2) is 4.64. The summed E-state index contributed by atoms with van der Waals surface area (Å²) >= 11 is 0. The molecule has 1 fully saturated rings. The molecule has 6 nitrogen and oxygen atoms in total. The van der Waals surface area contributed by atoms with Gasteiger partial charge in [0.1, 0.15) is 5.75 Å². The highest BCUT2D eigenvalue weighted by Crippen LogP contribution is 2.43. The van der Waals surface area contributed by atoms with Crippen LogP contribution in [0.15, 0.2) is 35.7 Å². The van der Waals surface area contributed by atoms with Crippen molar-refractivity contribution in [3.8, 4) is 5.75 Å². The van der Waals surface area contributed by atoms with E-state index in [0.717, 1.165) is 10.5 Å². The number of rotatable bonds is 2. The minimum atomic E-state index is -0.479. The maximum atomic E-state index is 12.4. The molecule has 20 heavy (non-hydrogen) atoms. The van der Waals surface area contributed by atoms with Gasteiger partial charge in [0.2, 0.25) is 5.91 Å². The number of carbonyl (C=O) groups excluding carboxylic acids is 2. The van der Waals surface area contributed by atoms with E-state index < -0.39 is 5.91 Å². The van der Waals surface area contributed by atoms with Crippen LogP contribution in [-0.4, -0.2) is 35.0 Å². The van der Waals surface area contributed by atoms with Crippen LogP contribution in [0.1, 0.15) is 17.9 Å². The van der Waals surface area contributed by atoms with E-state index in [0.29, 0.717) is 11.3 Å². The number of carbonyl (C=O) groups is 2. The van der Waals surface area contributed by atoms with Crippen LogP contribution in [0.5, 0.6) is 5.75 Å². The maximum absolute atomic E-state index is 12.4. The monoisotopic (exact) mass is 274 g/mol. The summed E-state index contributed by atoms with van der Waals surface area (Å²) < 4.78 is 5.47. The number of ether oxygens (including phenoxy) is 1. The Bertz CT molecular complexity index is 623. The molecule has 0 radical (unpaired) electrons. The first-order valence-electron chi connectivity index (χ1n) is 6.35. The van der Waals surface area contributed by atoms with Gasteiger partial charge in [-0.25, -0.2) is 0 Å². The van der Waals surface area contributed by atoms with Gasteiger partial charge in [0.25, 0.3) is 5.91 Å². The average molecular weight is 274 g/mol. The number of hydrogen-bond acceptors (Lipinski definition) is 5. The number of nitrogens with zero attached hydrogens (tertiary/aromatic N) is 1. The molecule has 0 spiro atoms. The van der Waals surface area contributed by atoms with Crippen molar-refractivity contribution < 1.29 is 19.4 Å². The minimum Gasteiger partial charge on any atom is -0.441 e. The third kappa shape index (κ3) is 1.77. The van der Waals surface area contributed by atoms with E-state index in [2.05, 4.69) is 0 Å². The van der Waals surface area contributed by atoms with Crippen LogP contribution in [0.4, 0.5) is 0 Å². The summed E-state index contributed by atoms with van der Waals surface area (Å²) in [6, 6.07) is 7.22. The van der Waals surface area contributed by atoms with Crippen LogP contribution in [0.3, 0.4) is 0 Å². The highest BCUT2D eigenvalue weighted by Gasteiger charge is 2.42. The summed E-state index contributed by atoms with van der Waals surface area (Å²) in [6.45, 7) is -0.296. The topological polar surface area (TPSA) is 92.9 Å². The third-order valence-corrected chi connectivity index (χ3v) is 3.61. The standard InChI is InChI=1S/C14H14N2O4/c15-13-12-9(8-3-1-2-4-10(8)20-13)7-11(18)16(5-6-17)14(12)19/h1-4,9,17H,5-7,15H2. The second-order valence-electron chi connectivity index (χ2n) is 4.75. The molecule has 2 aliphatic heterocycles. The first-order chi connectivity index (χ1) is 9.63. The van der Waals surface area contributed by atoms with Crippen LogP contribution in [0, 0.1) is 0 Å². The van der Waals surface area contributed by atoms with Crippen LogP contribution in [0.25, 0.3) is 0 Å². The Balaban J connectivity index is 2.06. The Morgan fingerprint density at radius 3 is 2.85 bits per heavy atom. The zero-order chi connectivity index (χ0) is 14.3. The number of imide groups is 1. The molecule has 1 saturated heterocycles. The van der Waals surface area contributed by atoms with Crippen LogP contribution < -0.4 is 10.5 Å². The minimum absolute atomic E-state index is 0.0250. The molecule has 104 valence electrons. The van der Waals surface area contributed by atoms with Gasteiger partial charge < -0.3 is 15.6 Å². The Morgan fingerprint density at radius 1 is 1.35 bits per heavy atom. The molecule has 0 bridgehead atoms. The van der Waals surface area contributed by atoms with Crippen LogP contribution >= 0.6 is 0 Å². The first-order valence-corrected chi connectivity index (χ1v) is 6.35. The Hall–Kier alpha value is -2.34. The largest absolute Gasteiger partial charge is 0.441 e. The smallest absolute Gasteiger partial charge is 0.262 e. The molecular weight excluding hydrogens is 260 g/mol. The van der Waals surface area contributed by atoms with Crippen molar-refractivity contribution in [1.29, 1.82) is 0 Å². The Morgan fingerprint density at radius 2 is 2.10 bits per heavy atom. The van der Waals surface area contributed by atoms with Crippen LogP contribution in [0.2, 0.25) is 0 Å². The summed E-state index contributed by atoms with van der Waals surface area (Å²) in [5.41, 5.74) is 6.93. The highest BCUT2D eigenvalue weighted by atomic mass is 16.5. The number of β-amino-alcohol motifs (C(OH)–C–C–N with tert-alkyl or cyclic N) is 1. The van der Waals surface area contributed by atoms with Gasteiger partial charge in [-0.15, -0.1) is 0 Å². The number of aliphatic hydroxyl groups is 1. The van der Waals surface area contributed by atoms with E-state index in [1.54, 1.807) is 6.07 Å². The molecule has 1 aromatic carbocycles. The lowest BCUT2D eigenvalue weighted by Gasteiger charge is -2.35. The number of fused-ring (bicyclic) bond motifs is 3. The SMILES string of the molecule is NC1=C2C(=O)N(CCO)C(=O)CC2c2ccccc2O1. The van der Waals surface area contributed by atoms with Crippen LogP contribution in [-0.2, 0) is 9.59 Å². The molecule has 0 aromatic heterocycles. The molecule has 3 N–H and O–H groups in total. The Labute approximate surface area is 115 Å². The number of piperidine rings is 1. The van der Waals surface area contributed by atoms with E-state index in [9.17, 15) is 9.59 Å². The fourth-order valence-electron chi connectivity index (χ4n) is 2.70. The quantitative estimate of drug-likeness (QED) is 0.745. The number of likely N-dealkylation sites (tertiary alicyclic amines) is 1. The van der Waals surface area contributed by atoms with Gasteiger partial charge in [-0.3, -0.25) is 14.5 Å². The number of para-hydroxylation sites is 1. The van der Waals surface area contributed by atoms with Crippen molar-refractivity contribution in [1.82, 2.24) is 4.90 Å². The van der Waals surface area contributed by atoms with E-state index in [1.165, 1.54) is 0 Å². The summed E-state index contributed by atoms with van der Waals surface area (Å²) in [5.74, 6) is -0.534. The predicted molar refractivity (Wildman–Crippen MR) is 69.4 cm³/mol. The molecule has 1 atom stereocenters. The Kier molecular flexibility index (Phi) is 2.94. The van der Waals surface area contributed by atoms with Crippen molar-refractivity contribution in [3.05, 3.63) is 41.3 Å². The number of benzene rings is 1. The van der Waals surface area contributed by atoms with E-state index in [-0.39, 0.29) is 37.3 Å². The molecule has 2 heterocycles. The molecular formula is C14H14N2O4. The van der Waals surface area contributed by atoms with Crippen molar-refractivity contribution >= 4 is 11.8 Å². The molecule has 6 heteroatoms. The van der Waals surface area contributed by atoms with Gasteiger partial charge in [-0.1, -0.05) is 18.2 Å². The highest BCUT2D eigenvalue weighted by molar-refractivity contribution is 6.09. The number of aliphatic hydroxyl groups excluding tert-OH is 1. The molecule has 2 aliphatic rings. The van der Waals surface area contributed by atoms with Gasteiger partial charge in [0.05, 0.1) is 18.7 Å². The molecule has 0 aliphatic carbocycles. The zero-order valence-electron chi connectivity index (χ0n) is 10.7. The predicted octanol–water partition coefficient (Wildman–Crippen LogP) is 0.0841. The van der Waals surface area contributed by atoms with Gasteiger partial charge in [0, 0.05) is 17.9 Å². The lowest BCUT2D eigenvalue weighted by molar-refractivity contribution is -0.146. The molecule has 3 rings (SSSR count). The van der Waals surface area contributed by atoms with Gasteiger partial charge >= 0.3 is 0 Å². The van der Waals surface area contributed by atoms with E-state index in [1.807, 2.05) is 18.2 Å². The number of nitrogens with two attached hydrogens (primary N) is 1. The summed E-state index contributed by atoms with van der Waals surface area (Å²) in [4.78, 5) is 25.4. The van der Waals surface area contributed by atoms with E-state index >= 15 is 0 Å². The first kappa shape index (κ1) is 12.7. The molecule has 0 saturated carbocycles. The van der Waals surface area contributed by atoms with Crippen molar-refractivity contribution in [3.63, 3.8) is 0 Å².